The molecule has 0 aromatic heterocycles. The SMILES string of the molecule is Cc1ccc(C(Cl)Cc2ccc(F)cc2F)c(C)c1. The molecule has 100 valence electrons. The molecule has 0 fully saturated rings. The molecular weight excluding hydrogens is 266 g/mol. The second kappa shape index (κ2) is 5.70. The van der Waals surface area contributed by atoms with Crippen LogP contribution in [0.1, 0.15) is 27.6 Å². The first-order valence-electron chi connectivity index (χ1n) is 6.12. The van der Waals surface area contributed by atoms with Gasteiger partial charge in [0.15, 0.2) is 0 Å². The van der Waals surface area contributed by atoms with E-state index in [0.717, 1.165) is 22.8 Å². The fourth-order valence-electron chi connectivity index (χ4n) is 2.17. The summed E-state index contributed by atoms with van der Waals surface area (Å²) >= 11 is 6.35. The predicted molar refractivity (Wildman–Crippen MR) is 74.6 cm³/mol. The molecule has 3 heteroatoms. The molecule has 0 amide bonds. The summed E-state index contributed by atoms with van der Waals surface area (Å²) in [5, 5.41) is -0.319. The second-order valence-corrected chi connectivity index (χ2v) is 5.29. The average molecular weight is 281 g/mol. The topological polar surface area (TPSA) is 0 Å². The summed E-state index contributed by atoms with van der Waals surface area (Å²) in [4.78, 5) is 0. The van der Waals surface area contributed by atoms with E-state index in [9.17, 15) is 8.78 Å². The number of hydrogen-bond acceptors (Lipinski definition) is 0. The van der Waals surface area contributed by atoms with Crippen molar-refractivity contribution in [3.8, 4) is 0 Å². The Kier molecular flexibility index (Phi) is 4.20. The van der Waals surface area contributed by atoms with Crippen LogP contribution in [0.5, 0.6) is 0 Å². The summed E-state index contributed by atoms with van der Waals surface area (Å²) in [6.07, 6.45) is 0.345. The van der Waals surface area contributed by atoms with Gasteiger partial charge in [-0.2, -0.15) is 0 Å². The van der Waals surface area contributed by atoms with Gasteiger partial charge in [-0.3, -0.25) is 0 Å². The standard InChI is InChI=1S/C16H15ClF2/c1-10-3-6-14(11(2)7-10)15(17)8-12-4-5-13(18)9-16(12)19/h3-7,9,15H,8H2,1-2H3. The van der Waals surface area contributed by atoms with Gasteiger partial charge in [-0.1, -0.05) is 29.8 Å². The molecule has 1 unspecified atom stereocenters. The molecule has 2 aromatic rings. The van der Waals surface area contributed by atoms with Crippen molar-refractivity contribution in [1.29, 1.82) is 0 Å². The van der Waals surface area contributed by atoms with Crippen molar-refractivity contribution in [3.05, 3.63) is 70.3 Å². The predicted octanol–water partition coefficient (Wildman–Crippen LogP) is 5.10. The molecule has 0 heterocycles. The van der Waals surface area contributed by atoms with Gasteiger partial charge in [0.2, 0.25) is 0 Å². The maximum absolute atomic E-state index is 13.6. The Morgan fingerprint density at radius 1 is 1.05 bits per heavy atom. The van der Waals surface area contributed by atoms with E-state index >= 15 is 0 Å². The van der Waals surface area contributed by atoms with Crippen LogP contribution >= 0.6 is 11.6 Å². The van der Waals surface area contributed by atoms with E-state index in [4.69, 9.17) is 11.6 Å². The number of benzene rings is 2. The monoisotopic (exact) mass is 280 g/mol. The molecule has 0 aliphatic rings. The van der Waals surface area contributed by atoms with E-state index < -0.39 is 11.6 Å². The van der Waals surface area contributed by atoms with Crippen LogP contribution in [0.3, 0.4) is 0 Å². The van der Waals surface area contributed by atoms with Crippen molar-refractivity contribution in [3.63, 3.8) is 0 Å². The maximum Gasteiger partial charge on any atom is 0.129 e. The largest absolute Gasteiger partial charge is 0.207 e. The number of aryl methyl sites for hydroxylation is 2. The van der Waals surface area contributed by atoms with Crippen LogP contribution in [0.4, 0.5) is 8.78 Å². The van der Waals surface area contributed by atoms with Crippen LogP contribution in [0.2, 0.25) is 0 Å². The first-order valence-corrected chi connectivity index (χ1v) is 6.56. The van der Waals surface area contributed by atoms with Crippen LogP contribution in [0.25, 0.3) is 0 Å². The molecule has 2 aromatic carbocycles. The summed E-state index contributed by atoms with van der Waals surface area (Å²) in [5.74, 6) is -1.12. The first kappa shape index (κ1) is 14.0. The maximum atomic E-state index is 13.6. The van der Waals surface area contributed by atoms with Gasteiger partial charge in [0.25, 0.3) is 0 Å². The summed E-state index contributed by atoms with van der Waals surface area (Å²) in [5.41, 5.74) is 3.66. The molecule has 0 radical (unpaired) electrons. The Bertz CT molecular complexity index is 593. The number of alkyl halides is 1. The fourth-order valence-corrected chi connectivity index (χ4v) is 2.58. The molecule has 0 bridgehead atoms. The zero-order valence-electron chi connectivity index (χ0n) is 10.9. The van der Waals surface area contributed by atoms with Crippen LogP contribution in [0.15, 0.2) is 36.4 Å². The highest BCUT2D eigenvalue weighted by Gasteiger charge is 2.14. The van der Waals surface area contributed by atoms with Crippen molar-refractivity contribution in [2.24, 2.45) is 0 Å². The Morgan fingerprint density at radius 3 is 2.42 bits per heavy atom. The Balaban J connectivity index is 2.23. The minimum absolute atomic E-state index is 0.319. The van der Waals surface area contributed by atoms with E-state index in [1.165, 1.54) is 12.1 Å². The third-order valence-corrected chi connectivity index (χ3v) is 3.57. The van der Waals surface area contributed by atoms with E-state index in [-0.39, 0.29) is 5.38 Å². The highest BCUT2D eigenvalue weighted by atomic mass is 35.5. The molecule has 2 rings (SSSR count). The molecule has 1 atom stereocenters. The lowest BCUT2D eigenvalue weighted by Gasteiger charge is -2.14. The van der Waals surface area contributed by atoms with Crippen molar-refractivity contribution in [2.75, 3.05) is 0 Å². The normalized spacial score (nSPS) is 12.5. The lowest BCUT2D eigenvalue weighted by atomic mass is 9.98. The van der Waals surface area contributed by atoms with Crippen LogP contribution in [-0.4, -0.2) is 0 Å². The lowest BCUT2D eigenvalue weighted by Crippen LogP contribution is -2.01. The Morgan fingerprint density at radius 2 is 1.79 bits per heavy atom. The summed E-state index contributed by atoms with van der Waals surface area (Å²) < 4.78 is 26.4. The van der Waals surface area contributed by atoms with Crippen LogP contribution in [0, 0.1) is 25.5 Å². The minimum Gasteiger partial charge on any atom is -0.207 e. The molecule has 0 saturated carbocycles. The molecule has 0 spiro atoms. The highest BCUT2D eigenvalue weighted by Crippen LogP contribution is 2.29. The first-order chi connectivity index (χ1) is 8.97. The van der Waals surface area contributed by atoms with E-state index in [1.807, 2.05) is 32.0 Å². The fraction of sp³-hybridized carbons (Fsp3) is 0.250. The number of halogens is 3. The van der Waals surface area contributed by atoms with Crippen LogP contribution < -0.4 is 0 Å². The Hall–Kier alpha value is -1.41. The lowest BCUT2D eigenvalue weighted by molar-refractivity contribution is 0.570. The van der Waals surface area contributed by atoms with Gasteiger partial charge < -0.3 is 0 Å². The van der Waals surface area contributed by atoms with Gasteiger partial charge in [0.05, 0.1) is 5.38 Å². The molecule has 0 N–H and O–H groups in total. The third kappa shape index (κ3) is 3.32. The quantitative estimate of drug-likeness (QED) is 0.686. The molecular formula is C16H15ClF2. The highest BCUT2D eigenvalue weighted by molar-refractivity contribution is 6.21. The van der Waals surface area contributed by atoms with Crippen molar-refractivity contribution in [1.82, 2.24) is 0 Å². The van der Waals surface area contributed by atoms with E-state index in [2.05, 4.69) is 0 Å². The summed E-state index contributed by atoms with van der Waals surface area (Å²) in [6.45, 7) is 4.00. The van der Waals surface area contributed by atoms with E-state index in [0.29, 0.717) is 12.0 Å². The number of hydrogen-bond donors (Lipinski definition) is 0. The molecule has 19 heavy (non-hydrogen) atoms. The average Bonchev–Trinajstić information content (AvgIpc) is 2.32. The third-order valence-electron chi connectivity index (χ3n) is 3.18. The van der Waals surface area contributed by atoms with Crippen molar-refractivity contribution >= 4 is 11.6 Å². The minimum atomic E-state index is -0.570. The zero-order valence-corrected chi connectivity index (χ0v) is 11.6. The van der Waals surface area contributed by atoms with Crippen molar-refractivity contribution in [2.45, 2.75) is 25.6 Å². The zero-order chi connectivity index (χ0) is 14.0. The second-order valence-electron chi connectivity index (χ2n) is 4.77. The molecule has 0 saturated heterocycles. The summed E-state index contributed by atoms with van der Waals surface area (Å²) in [6, 6.07) is 9.59. The molecule has 0 aliphatic carbocycles. The van der Waals surface area contributed by atoms with Gasteiger partial charge in [-0.05, 0) is 43.0 Å². The van der Waals surface area contributed by atoms with Gasteiger partial charge in [0, 0.05) is 6.07 Å². The smallest absolute Gasteiger partial charge is 0.129 e. The van der Waals surface area contributed by atoms with Gasteiger partial charge >= 0.3 is 0 Å². The molecule has 0 nitrogen and oxygen atoms in total. The Labute approximate surface area is 117 Å². The van der Waals surface area contributed by atoms with Gasteiger partial charge in [-0.25, -0.2) is 8.78 Å². The van der Waals surface area contributed by atoms with Gasteiger partial charge in [0.1, 0.15) is 11.6 Å². The summed E-state index contributed by atoms with van der Waals surface area (Å²) in [7, 11) is 0. The van der Waals surface area contributed by atoms with Gasteiger partial charge in [-0.15, -0.1) is 11.6 Å². The van der Waals surface area contributed by atoms with E-state index in [1.54, 1.807) is 0 Å². The molecule has 0 aliphatic heterocycles. The van der Waals surface area contributed by atoms with Crippen LogP contribution in [-0.2, 0) is 6.42 Å². The van der Waals surface area contributed by atoms with Crippen molar-refractivity contribution < 1.29 is 8.78 Å². The number of rotatable bonds is 3.